The van der Waals surface area contributed by atoms with E-state index in [1.807, 2.05) is 30.5 Å². The average molecular weight is 672 g/mol. The zero-order chi connectivity index (χ0) is 35.1. The zero-order valence-electron chi connectivity index (χ0n) is 28.3. The predicted octanol–water partition coefficient (Wildman–Crippen LogP) is 2.43. The van der Waals surface area contributed by atoms with Gasteiger partial charge in [-0.05, 0) is 62.4 Å². The highest BCUT2D eigenvalue weighted by Gasteiger charge is 2.26. The van der Waals surface area contributed by atoms with Crippen LogP contribution in [0.15, 0.2) is 58.1 Å². The summed E-state index contributed by atoms with van der Waals surface area (Å²) < 4.78 is 3.37. The molecule has 0 saturated carbocycles. The second kappa shape index (κ2) is 15.8. The van der Waals surface area contributed by atoms with Crippen molar-refractivity contribution >= 4 is 45.6 Å². The third-order valence-electron chi connectivity index (χ3n) is 9.30. The number of amides is 4. The van der Waals surface area contributed by atoms with Crippen molar-refractivity contribution in [3.05, 3.63) is 80.5 Å². The van der Waals surface area contributed by atoms with Crippen LogP contribution in [0.1, 0.15) is 62.0 Å². The van der Waals surface area contributed by atoms with Crippen molar-refractivity contribution in [3.8, 4) is 0 Å². The van der Waals surface area contributed by atoms with Crippen LogP contribution in [0.5, 0.6) is 0 Å². The molecule has 1 aliphatic rings. The molecule has 2 bridgehead atoms. The van der Waals surface area contributed by atoms with Crippen molar-refractivity contribution in [2.24, 2.45) is 5.92 Å². The number of imidazole rings is 1. The van der Waals surface area contributed by atoms with Gasteiger partial charge in [0.15, 0.2) is 5.43 Å². The molecule has 0 radical (unpaired) electrons. The molecule has 2 aromatic carbocycles. The summed E-state index contributed by atoms with van der Waals surface area (Å²) in [5.74, 6) is -1.18. The number of hydrogen-bond donors (Lipinski definition) is 4. The van der Waals surface area contributed by atoms with E-state index in [0.29, 0.717) is 91.6 Å². The first-order chi connectivity index (χ1) is 23.6. The molecule has 5 rings (SSSR count). The minimum atomic E-state index is -0.726. The number of H-pyrrole nitrogens is 1. The quantitative estimate of drug-likeness (QED) is 0.260. The van der Waals surface area contributed by atoms with Crippen LogP contribution in [-0.2, 0) is 27.5 Å². The van der Waals surface area contributed by atoms with Crippen LogP contribution in [0.25, 0.3) is 21.9 Å². The van der Waals surface area contributed by atoms with Gasteiger partial charge in [-0.3, -0.25) is 28.5 Å². The lowest BCUT2D eigenvalue weighted by Gasteiger charge is -2.26. The molecule has 2 aromatic heterocycles. The van der Waals surface area contributed by atoms with Crippen LogP contribution in [-0.4, -0.2) is 74.9 Å². The predicted molar refractivity (Wildman–Crippen MR) is 187 cm³/mol. The minimum Gasteiger partial charge on any atom is -0.354 e. The van der Waals surface area contributed by atoms with Gasteiger partial charge in [-0.15, -0.1) is 0 Å². The Morgan fingerprint density at radius 3 is 2.43 bits per heavy atom. The van der Waals surface area contributed by atoms with E-state index in [9.17, 15) is 28.8 Å². The van der Waals surface area contributed by atoms with Gasteiger partial charge in [0.05, 0.1) is 16.6 Å². The highest BCUT2D eigenvalue weighted by atomic mass is 16.2. The van der Waals surface area contributed by atoms with Crippen LogP contribution in [0.2, 0.25) is 0 Å². The van der Waals surface area contributed by atoms with Gasteiger partial charge in [0.1, 0.15) is 12.6 Å². The van der Waals surface area contributed by atoms with E-state index in [2.05, 4.69) is 20.9 Å². The van der Waals surface area contributed by atoms with Crippen LogP contribution < -0.4 is 27.1 Å². The molecule has 0 aliphatic carbocycles. The number of pyridine rings is 1. The third kappa shape index (κ3) is 8.27. The van der Waals surface area contributed by atoms with Crippen molar-refractivity contribution in [1.29, 1.82) is 0 Å². The molecule has 3 heterocycles. The summed E-state index contributed by atoms with van der Waals surface area (Å²) in [6.45, 7) is 7.19. The normalized spacial score (nSPS) is 18.1. The van der Waals surface area contributed by atoms with E-state index in [1.165, 1.54) is 6.07 Å². The van der Waals surface area contributed by atoms with Crippen molar-refractivity contribution in [3.63, 3.8) is 0 Å². The van der Waals surface area contributed by atoms with Crippen LogP contribution >= 0.6 is 0 Å². The summed E-state index contributed by atoms with van der Waals surface area (Å²) in [6, 6.07) is 13.0. The summed E-state index contributed by atoms with van der Waals surface area (Å²) in [5, 5.41) is 9.25. The molecule has 0 fully saturated rings. The number of fused-ring (bicyclic) bond motifs is 2. The Bertz CT molecular complexity index is 1980. The van der Waals surface area contributed by atoms with E-state index >= 15 is 0 Å². The average Bonchev–Trinajstić information content (AvgIpc) is 3.41. The number of benzene rings is 2. The molecule has 0 unspecified atom stereocenters. The van der Waals surface area contributed by atoms with Gasteiger partial charge in [-0.25, -0.2) is 4.79 Å². The van der Waals surface area contributed by atoms with Crippen LogP contribution in [0.3, 0.4) is 0 Å². The van der Waals surface area contributed by atoms with Crippen molar-refractivity contribution in [2.75, 3.05) is 26.2 Å². The molecule has 13 nitrogen and oxygen atoms in total. The van der Waals surface area contributed by atoms with Gasteiger partial charge in [-0.2, -0.15) is 0 Å². The monoisotopic (exact) mass is 671 g/mol. The summed E-state index contributed by atoms with van der Waals surface area (Å²) in [4.78, 5) is 83.0. The molecule has 13 heteroatoms. The van der Waals surface area contributed by atoms with Gasteiger partial charge in [0.25, 0.3) is 5.91 Å². The largest absolute Gasteiger partial charge is 0.354 e. The third-order valence-corrected chi connectivity index (χ3v) is 9.30. The molecule has 4 aromatic rings. The number of aromatic nitrogens is 3. The Hall–Kier alpha value is -5.20. The molecular formula is C36H45N7O6. The fourth-order valence-corrected chi connectivity index (χ4v) is 6.29. The number of aromatic amines is 1. The molecule has 260 valence electrons. The standard InChI is InChI=1S/C36H45N7O6/c1-4-23(2)33-35(48)38-16-9-19-42-29-21-25(13-14-27(29)39-36(42)49)34(47)37-15-8-18-41(17-7-12-31(45)40-33)32(46)22-43-24(3)20-30(44)26-10-5-6-11-28(26)43/h5-6,10-11,13-14,20-21,23,33H,4,7-9,12,15-19,22H2,1-3H3,(H,37,47)(H,38,48)(H,39,49)(H,40,45)/t23-,33-/m0/s1. The van der Waals surface area contributed by atoms with Gasteiger partial charge >= 0.3 is 5.69 Å². The lowest BCUT2D eigenvalue weighted by Crippen LogP contribution is -2.50. The Labute approximate surface area is 284 Å². The number of carbonyl (C=O) groups excluding carboxylic acids is 4. The lowest BCUT2D eigenvalue weighted by molar-refractivity contribution is -0.132. The van der Waals surface area contributed by atoms with Gasteiger partial charge in [0, 0.05) is 61.9 Å². The first-order valence-electron chi connectivity index (χ1n) is 17.0. The molecule has 49 heavy (non-hydrogen) atoms. The number of carbonyl (C=O) groups is 4. The Balaban J connectivity index is 1.38. The SMILES string of the molecule is CC[C@H](C)[C@@H]1NC(=O)CCCN(C(=O)Cn2c(C)cc(=O)c3ccccc32)CCCNC(=O)c2ccc3[nH]c(=O)n(c3c2)CCCNC1=O. The fraction of sp³-hybridized carbons (Fsp3) is 0.444. The second-order valence-corrected chi connectivity index (χ2v) is 12.7. The fourth-order valence-electron chi connectivity index (χ4n) is 6.29. The number of nitrogens with zero attached hydrogens (tertiary/aromatic N) is 3. The summed E-state index contributed by atoms with van der Waals surface area (Å²) in [5.41, 5.74) is 2.49. The van der Waals surface area contributed by atoms with Gasteiger partial charge in [0.2, 0.25) is 17.7 Å². The number of hydrogen-bond acceptors (Lipinski definition) is 6. The Morgan fingerprint density at radius 1 is 0.898 bits per heavy atom. The van der Waals surface area contributed by atoms with Gasteiger partial charge < -0.3 is 30.4 Å². The zero-order valence-corrected chi connectivity index (χ0v) is 28.3. The summed E-state index contributed by atoms with van der Waals surface area (Å²) in [7, 11) is 0. The number of para-hydroxylation sites is 1. The molecular weight excluding hydrogens is 626 g/mol. The van der Waals surface area contributed by atoms with Crippen molar-refractivity contribution in [1.82, 2.24) is 35.0 Å². The maximum absolute atomic E-state index is 13.8. The lowest BCUT2D eigenvalue weighted by atomic mass is 9.98. The van der Waals surface area contributed by atoms with Crippen LogP contribution in [0, 0.1) is 12.8 Å². The minimum absolute atomic E-state index is 0.000175. The second-order valence-electron chi connectivity index (χ2n) is 12.7. The number of nitrogens with one attached hydrogen (secondary N) is 4. The molecule has 4 amide bonds. The van der Waals surface area contributed by atoms with E-state index in [0.717, 1.165) is 0 Å². The maximum atomic E-state index is 13.8. The van der Waals surface area contributed by atoms with E-state index in [1.54, 1.807) is 46.7 Å². The van der Waals surface area contributed by atoms with E-state index < -0.39 is 6.04 Å². The molecule has 1 aliphatic heterocycles. The summed E-state index contributed by atoms with van der Waals surface area (Å²) >= 11 is 0. The smallest absolute Gasteiger partial charge is 0.326 e. The van der Waals surface area contributed by atoms with Crippen molar-refractivity contribution in [2.45, 2.75) is 72.0 Å². The molecule has 2 atom stereocenters. The molecule has 4 N–H and O–H groups in total. The Morgan fingerprint density at radius 2 is 1.63 bits per heavy atom. The molecule has 0 spiro atoms. The number of rotatable bonds is 4. The van der Waals surface area contributed by atoms with Gasteiger partial charge in [-0.1, -0.05) is 32.4 Å². The van der Waals surface area contributed by atoms with E-state index in [-0.39, 0.29) is 53.6 Å². The van der Waals surface area contributed by atoms with Crippen LogP contribution in [0.4, 0.5) is 0 Å². The molecule has 0 saturated heterocycles. The number of aryl methyl sites for hydroxylation is 2. The van der Waals surface area contributed by atoms with Crippen molar-refractivity contribution < 1.29 is 19.2 Å². The first kappa shape index (κ1) is 35.1. The highest BCUT2D eigenvalue weighted by molar-refractivity contribution is 5.97. The summed E-state index contributed by atoms with van der Waals surface area (Å²) in [6.07, 6.45) is 2.09. The van der Waals surface area contributed by atoms with E-state index in [4.69, 9.17) is 0 Å². The first-order valence-corrected chi connectivity index (χ1v) is 17.0. The maximum Gasteiger partial charge on any atom is 0.326 e. The topological polar surface area (TPSA) is 167 Å². The highest BCUT2D eigenvalue weighted by Crippen LogP contribution is 2.16. The Kier molecular flexibility index (Phi) is 11.3.